The summed E-state index contributed by atoms with van der Waals surface area (Å²) < 4.78 is 2.67. The van der Waals surface area contributed by atoms with Gasteiger partial charge < -0.3 is 9.47 Å². The summed E-state index contributed by atoms with van der Waals surface area (Å²) in [6.45, 7) is 5.07. The van der Waals surface area contributed by atoms with Crippen molar-refractivity contribution >= 4 is 22.6 Å². The summed E-state index contributed by atoms with van der Waals surface area (Å²) in [4.78, 5) is 2.84. The van der Waals surface area contributed by atoms with Crippen LogP contribution in [0.1, 0.15) is 101 Å². The molecule has 9 rings (SSSR count). The van der Waals surface area contributed by atoms with Crippen molar-refractivity contribution < 1.29 is 0 Å². The third-order valence-corrected chi connectivity index (χ3v) is 13.6. The fourth-order valence-corrected chi connectivity index (χ4v) is 10.5. The first kappa shape index (κ1) is 33.5. The Morgan fingerprint density at radius 2 is 1.60 bits per heavy atom. The van der Waals surface area contributed by atoms with Gasteiger partial charge in [-0.2, -0.15) is 0 Å². The number of nitrogens with zero attached hydrogens (tertiary/aromatic N) is 2. The first-order valence-electron chi connectivity index (χ1n) is 20.6. The monoisotopic (exact) mass is 684 g/mol. The van der Waals surface area contributed by atoms with Crippen LogP contribution in [0.4, 0.5) is 0 Å². The average Bonchev–Trinajstić information content (AvgIpc) is 3.55. The zero-order chi connectivity index (χ0) is 35.0. The van der Waals surface area contributed by atoms with Crippen molar-refractivity contribution in [2.24, 2.45) is 23.7 Å². The van der Waals surface area contributed by atoms with Gasteiger partial charge in [0.1, 0.15) is 0 Å². The van der Waals surface area contributed by atoms with Gasteiger partial charge in [0.25, 0.3) is 0 Å². The molecule has 0 aliphatic heterocycles. The van der Waals surface area contributed by atoms with E-state index in [1.54, 1.807) is 5.57 Å². The van der Waals surface area contributed by atoms with Gasteiger partial charge in [0.05, 0.1) is 18.1 Å². The van der Waals surface area contributed by atoms with Gasteiger partial charge in [0.2, 0.25) is 0 Å². The minimum absolute atomic E-state index is 0.377. The van der Waals surface area contributed by atoms with E-state index in [9.17, 15) is 0 Å². The molecule has 0 spiro atoms. The Bertz CT molecular complexity index is 2040. The normalized spacial score (nSPS) is 30.0. The van der Waals surface area contributed by atoms with Crippen molar-refractivity contribution in [1.29, 1.82) is 0 Å². The van der Waals surface area contributed by atoms with Crippen LogP contribution >= 0.6 is 0 Å². The Labute approximate surface area is 312 Å². The number of hydrogen-bond donors (Lipinski definition) is 0. The Morgan fingerprint density at radius 1 is 0.712 bits per heavy atom. The highest BCUT2D eigenvalue weighted by molar-refractivity contribution is 5.92. The second kappa shape index (κ2) is 14.6. The van der Waals surface area contributed by atoms with E-state index in [2.05, 4.69) is 151 Å². The summed E-state index contributed by atoms with van der Waals surface area (Å²) in [7, 11) is 0. The number of allylic oxidation sites excluding steroid dienone is 12. The van der Waals surface area contributed by atoms with Gasteiger partial charge in [-0.3, -0.25) is 0 Å². The molecule has 1 aromatic heterocycles. The molecule has 0 bridgehead atoms. The lowest BCUT2D eigenvalue weighted by Gasteiger charge is -2.48. The van der Waals surface area contributed by atoms with Crippen LogP contribution in [0.3, 0.4) is 0 Å². The minimum Gasteiger partial charge on any atom is -0.361 e. The minimum atomic E-state index is 0.377. The molecule has 6 aliphatic carbocycles. The molecule has 266 valence electrons. The summed E-state index contributed by atoms with van der Waals surface area (Å²) in [5, 5.41) is 1.41. The van der Waals surface area contributed by atoms with E-state index in [-0.39, 0.29) is 0 Å². The number of fused-ring (bicyclic) bond motifs is 3. The van der Waals surface area contributed by atoms with Gasteiger partial charge in [-0.25, -0.2) is 0 Å². The molecule has 6 aliphatic rings. The summed E-state index contributed by atoms with van der Waals surface area (Å²) in [5.41, 5.74) is 11.9. The van der Waals surface area contributed by atoms with Gasteiger partial charge in [-0.05, 0) is 111 Å². The molecule has 2 heteroatoms. The van der Waals surface area contributed by atoms with E-state index in [0.29, 0.717) is 41.8 Å². The smallest absolute Gasteiger partial charge is 0.0520 e. The first-order chi connectivity index (χ1) is 25.6. The van der Waals surface area contributed by atoms with Crippen molar-refractivity contribution in [3.8, 4) is 0 Å². The maximum absolute atomic E-state index is 2.84. The Hall–Kier alpha value is -4.30. The summed E-state index contributed by atoms with van der Waals surface area (Å²) in [6.07, 6.45) is 43.3. The fraction of sp³-hybridized carbons (Fsp3) is 0.400. The van der Waals surface area contributed by atoms with E-state index in [1.165, 1.54) is 83.1 Å². The van der Waals surface area contributed by atoms with E-state index < -0.39 is 0 Å². The van der Waals surface area contributed by atoms with Crippen LogP contribution in [0, 0.1) is 23.7 Å². The predicted octanol–water partition coefficient (Wildman–Crippen LogP) is 12.8. The van der Waals surface area contributed by atoms with Crippen LogP contribution in [0.5, 0.6) is 0 Å². The number of benzene rings is 2. The van der Waals surface area contributed by atoms with Crippen molar-refractivity contribution in [3.05, 3.63) is 155 Å². The highest BCUT2D eigenvalue weighted by Gasteiger charge is 2.38. The largest absolute Gasteiger partial charge is 0.361 e. The molecule has 0 saturated heterocycles. The molecule has 52 heavy (non-hydrogen) atoms. The van der Waals surface area contributed by atoms with Crippen LogP contribution in [-0.4, -0.2) is 21.6 Å². The highest BCUT2D eigenvalue weighted by Crippen LogP contribution is 2.44. The Morgan fingerprint density at radius 3 is 2.37 bits per heavy atom. The molecular weight excluding hydrogens is 629 g/mol. The van der Waals surface area contributed by atoms with Gasteiger partial charge in [-0.1, -0.05) is 135 Å². The quantitative estimate of drug-likeness (QED) is 0.225. The SMILES string of the molecule is CC1C(C2=CCCCC2)C=CC(N(C2=CC=C(c3ccccc3)CC2)C2C=CC(C3C=CC(n4c5c(c6ccccc64)C=CCC5)CC3)=CC2)C1C. The van der Waals surface area contributed by atoms with Gasteiger partial charge in [0, 0.05) is 39.7 Å². The second-order valence-corrected chi connectivity index (χ2v) is 16.5. The zero-order valence-electron chi connectivity index (χ0n) is 31.3. The number of para-hydroxylation sites is 1. The third-order valence-electron chi connectivity index (χ3n) is 13.6. The number of aromatic nitrogens is 1. The lowest BCUT2D eigenvalue weighted by Crippen LogP contribution is -2.48. The third kappa shape index (κ3) is 6.27. The molecule has 7 atom stereocenters. The molecule has 0 saturated carbocycles. The summed E-state index contributed by atoms with van der Waals surface area (Å²) in [6, 6.07) is 21.3. The van der Waals surface area contributed by atoms with Crippen LogP contribution in [0.2, 0.25) is 0 Å². The van der Waals surface area contributed by atoms with Crippen LogP contribution in [-0.2, 0) is 6.42 Å². The predicted molar refractivity (Wildman–Crippen MR) is 221 cm³/mol. The molecule has 3 aromatic rings. The van der Waals surface area contributed by atoms with Crippen molar-refractivity contribution in [1.82, 2.24) is 9.47 Å². The molecule has 0 radical (unpaired) electrons. The summed E-state index contributed by atoms with van der Waals surface area (Å²) in [5.74, 6) is 2.32. The maximum Gasteiger partial charge on any atom is 0.0520 e. The van der Waals surface area contributed by atoms with E-state index in [1.807, 2.05) is 0 Å². The second-order valence-electron chi connectivity index (χ2n) is 16.5. The van der Waals surface area contributed by atoms with Crippen molar-refractivity contribution in [2.75, 3.05) is 0 Å². The lowest BCUT2D eigenvalue weighted by molar-refractivity contribution is 0.136. The fourth-order valence-electron chi connectivity index (χ4n) is 10.5. The standard InChI is InChI=1S/C50H56N2/c1-35-36(2)48(34-33-45(35)41-15-7-4-8-16-41)51(42-27-21-38(22-28-42)37-13-5-3-6-14-37)43-29-23-39(24-30-43)40-25-31-44(32-26-40)52-49-19-11-9-17-46(49)47-18-10-12-20-50(47)52/h3,5-6,9-11,13-15,17-19,21,23-25,27,29,31,33-36,40,43-45,48H,4,7-8,12,16,20,22,26,28,30,32H2,1-2H3. The molecule has 0 fully saturated rings. The molecule has 7 unspecified atom stereocenters. The molecule has 0 amide bonds. The molecule has 1 heterocycles. The van der Waals surface area contributed by atoms with Crippen LogP contribution in [0.25, 0.3) is 22.6 Å². The van der Waals surface area contributed by atoms with Gasteiger partial charge in [-0.15, -0.1) is 0 Å². The Balaban J connectivity index is 0.966. The molecular formula is C50H56N2. The van der Waals surface area contributed by atoms with Crippen molar-refractivity contribution in [3.63, 3.8) is 0 Å². The number of rotatable bonds is 7. The van der Waals surface area contributed by atoms with Gasteiger partial charge in [0.15, 0.2) is 0 Å². The van der Waals surface area contributed by atoms with Crippen LogP contribution < -0.4 is 0 Å². The zero-order valence-corrected chi connectivity index (χ0v) is 31.3. The number of hydrogen-bond acceptors (Lipinski definition) is 1. The molecule has 0 N–H and O–H groups in total. The lowest BCUT2D eigenvalue weighted by atomic mass is 9.70. The highest BCUT2D eigenvalue weighted by atomic mass is 15.2. The Kier molecular flexibility index (Phi) is 9.42. The maximum atomic E-state index is 2.84. The molecule has 2 nitrogen and oxygen atoms in total. The van der Waals surface area contributed by atoms with E-state index in [0.717, 1.165) is 32.1 Å². The first-order valence-corrected chi connectivity index (χ1v) is 20.6. The average molecular weight is 685 g/mol. The topological polar surface area (TPSA) is 8.17 Å². The van der Waals surface area contributed by atoms with Crippen molar-refractivity contribution in [2.45, 2.75) is 103 Å². The molecule has 2 aromatic carbocycles. The van der Waals surface area contributed by atoms with Gasteiger partial charge >= 0.3 is 0 Å². The van der Waals surface area contributed by atoms with E-state index in [4.69, 9.17) is 0 Å². The van der Waals surface area contributed by atoms with E-state index >= 15 is 0 Å². The summed E-state index contributed by atoms with van der Waals surface area (Å²) >= 11 is 0. The van der Waals surface area contributed by atoms with Crippen LogP contribution in [0.15, 0.2) is 138 Å².